The van der Waals surface area contributed by atoms with Crippen molar-refractivity contribution in [2.45, 2.75) is 31.4 Å². The van der Waals surface area contributed by atoms with Crippen molar-refractivity contribution in [1.29, 1.82) is 0 Å². The Bertz CT molecular complexity index is 1380. The molecule has 0 bridgehead atoms. The highest BCUT2D eigenvalue weighted by Gasteiger charge is 2.19. The van der Waals surface area contributed by atoms with Crippen molar-refractivity contribution in [2.75, 3.05) is 11.1 Å². The maximum Gasteiger partial charge on any atom is 0.259 e. The number of anilines is 1. The first-order chi connectivity index (χ1) is 16.5. The van der Waals surface area contributed by atoms with Gasteiger partial charge in [-0.05, 0) is 61.6 Å². The topological polar surface area (TPSA) is 97.0 Å². The number of rotatable bonds is 7. The molecule has 5 rings (SSSR count). The fourth-order valence-corrected chi connectivity index (χ4v) is 5.82. The van der Waals surface area contributed by atoms with Crippen LogP contribution in [0.5, 0.6) is 11.6 Å². The van der Waals surface area contributed by atoms with E-state index in [-0.39, 0.29) is 23.0 Å². The van der Waals surface area contributed by atoms with Crippen LogP contribution in [0.25, 0.3) is 10.2 Å². The van der Waals surface area contributed by atoms with Gasteiger partial charge in [-0.1, -0.05) is 0 Å². The lowest BCUT2D eigenvalue weighted by atomic mass is 9.97. The Morgan fingerprint density at radius 3 is 2.79 bits per heavy atom. The van der Waals surface area contributed by atoms with Crippen LogP contribution in [0.15, 0.2) is 47.4 Å². The molecule has 1 aromatic carbocycles. The first-order valence-electron chi connectivity index (χ1n) is 10.9. The standard InChI is InChI=1S/C24H21FN4O3S2/c25-14-5-8-16(9-6-14)32-21-10-7-15(11-26-21)27-20(30)13-33-12-19-28-23(31)22-17-3-1-2-4-18(17)34-24(22)29-19/h5-11H,1-4,12-13H2,(H,27,30)(H,28,29,31). The second-order valence-electron chi connectivity index (χ2n) is 7.89. The number of nitrogens with one attached hydrogen (secondary N) is 2. The Balaban J connectivity index is 1.14. The SMILES string of the molecule is O=C(CSCc1nc2sc3c(c2c(=O)[nH]1)CCCC3)Nc1ccc(Oc2ccc(F)cc2)nc1. The van der Waals surface area contributed by atoms with E-state index in [2.05, 4.69) is 20.3 Å². The second-order valence-corrected chi connectivity index (χ2v) is 9.95. The van der Waals surface area contributed by atoms with Crippen molar-refractivity contribution in [3.8, 4) is 11.6 Å². The number of ether oxygens (including phenoxy) is 1. The van der Waals surface area contributed by atoms with E-state index in [0.29, 0.717) is 28.9 Å². The van der Waals surface area contributed by atoms with Gasteiger partial charge in [0.1, 0.15) is 22.2 Å². The van der Waals surface area contributed by atoms with Gasteiger partial charge in [-0.25, -0.2) is 14.4 Å². The Morgan fingerprint density at radius 2 is 2.00 bits per heavy atom. The van der Waals surface area contributed by atoms with Crippen LogP contribution in [0.3, 0.4) is 0 Å². The van der Waals surface area contributed by atoms with Gasteiger partial charge in [0.15, 0.2) is 0 Å². The molecule has 3 heterocycles. The third-order valence-electron chi connectivity index (χ3n) is 5.40. The van der Waals surface area contributed by atoms with Crippen molar-refractivity contribution in [3.63, 3.8) is 0 Å². The minimum absolute atomic E-state index is 0.0847. The van der Waals surface area contributed by atoms with E-state index in [9.17, 15) is 14.0 Å². The van der Waals surface area contributed by atoms with Crippen molar-refractivity contribution >= 4 is 44.9 Å². The highest BCUT2D eigenvalue weighted by atomic mass is 32.2. The summed E-state index contributed by atoms with van der Waals surface area (Å²) in [4.78, 5) is 38.7. The van der Waals surface area contributed by atoms with Crippen LogP contribution in [-0.2, 0) is 23.4 Å². The summed E-state index contributed by atoms with van der Waals surface area (Å²) in [6.45, 7) is 0. The van der Waals surface area contributed by atoms with Gasteiger partial charge in [-0.2, -0.15) is 0 Å². The van der Waals surface area contributed by atoms with Crippen molar-refractivity contribution in [3.05, 3.63) is 75.0 Å². The predicted molar refractivity (Wildman–Crippen MR) is 132 cm³/mol. The second kappa shape index (κ2) is 9.94. The van der Waals surface area contributed by atoms with Crippen molar-refractivity contribution in [1.82, 2.24) is 15.0 Å². The zero-order valence-electron chi connectivity index (χ0n) is 18.1. The number of aromatic amines is 1. The number of benzene rings is 1. The highest BCUT2D eigenvalue weighted by molar-refractivity contribution is 7.99. The number of aryl methyl sites for hydroxylation is 2. The third-order valence-corrected chi connectivity index (χ3v) is 7.53. The molecule has 174 valence electrons. The van der Waals surface area contributed by atoms with E-state index in [1.54, 1.807) is 23.5 Å². The van der Waals surface area contributed by atoms with Gasteiger partial charge in [-0.3, -0.25) is 9.59 Å². The number of thiophene rings is 1. The van der Waals surface area contributed by atoms with Crippen LogP contribution < -0.4 is 15.6 Å². The molecule has 0 saturated heterocycles. The number of nitrogens with zero attached hydrogens (tertiary/aromatic N) is 2. The number of hydrogen-bond acceptors (Lipinski definition) is 7. The van der Waals surface area contributed by atoms with Crippen LogP contribution in [0.4, 0.5) is 10.1 Å². The van der Waals surface area contributed by atoms with Gasteiger partial charge in [0.25, 0.3) is 5.56 Å². The average molecular weight is 497 g/mol. The molecule has 2 N–H and O–H groups in total. The normalized spacial score (nSPS) is 13.0. The maximum absolute atomic E-state index is 13.0. The number of amides is 1. The molecule has 0 saturated carbocycles. The Kier molecular flexibility index (Phi) is 6.59. The Hall–Kier alpha value is -3.24. The largest absolute Gasteiger partial charge is 0.439 e. The van der Waals surface area contributed by atoms with E-state index in [0.717, 1.165) is 35.9 Å². The molecular weight excluding hydrogens is 475 g/mol. The van der Waals surface area contributed by atoms with E-state index in [1.807, 2.05) is 0 Å². The zero-order valence-corrected chi connectivity index (χ0v) is 19.7. The lowest BCUT2D eigenvalue weighted by Crippen LogP contribution is -2.15. The number of fused-ring (bicyclic) bond motifs is 3. The lowest BCUT2D eigenvalue weighted by molar-refractivity contribution is -0.113. The molecule has 1 aliphatic carbocycles. The number of carbonyl (C=O) groups excluding carboxylic acids is 1. The minimum atomic E-state index is -0.343. The number of thioether (sulfide) groups is 1. The van der Waals surface area contributed by atoms with Crippen LogP contribution >= 0.6 is 23.1 Å². The van der Waals surface area contributed by atoms with Gasteiger partial charge in [-0.15, -0.1) is 23.1 Å². The molecular formula is C24H21FN4O3S2. The number of carbonyl (C=O) groups is 1. The smallest absolute Gasteiger partial charge is 0.259 e. The zero-order chi connectivity index (χ0) is 23.5. The van der Waals surface area contributed by atoms with E-state index in [1.165, 1.54) is 52.7 Å². The third kappa shape index (κ3) is 5.13. The Labute approximate surface area is 202 Å². The quantitative estimate of drug-likeness (QED) is 0.371. The lowest BCUT2D eigenvalue weighted by Gasteiger charge is -2.09. The number of halogens is 1. The summed E-state index contributed by atoms with van der Waals surface area (Å²) in [6, 6.07) is 8.93. The molecule has 0 fully saturated rings. The fraction of sp³-hybridized carbons (Fsp3) is 0.250. The molecule has 0 radical (unpaired) electrons. The first-order valence-corrected chi connectivity index (χ1v) is 12.8. The summed E-state index contributed by atoms with van der Waals surface area (Å²) >= 11 is 2.99. The van der Waals surface area contributed by atoms with Crippen LogP contribution in [0.1, 0.15) is 29.1 Å². The van der Waals surface area contributed by atoms with Gasteiger partial charge >= 0.3 is 0 Å². The predicted octanol–water partition coefficient (Wildman–Crippen LogP) is 5.06. The van der Waals surface area contributed by atoms with Gasteiger partial charge in [0.05, 0.1) is 28.8 Å². The summed E-state index contributed by atoms with van der Waals surface area (Å²) in [5.74, 6) is 1.49. The maximum atomic E-state index is 13.0. The molecule has 3 aromatic heterocycles. The monoisotopic (exact) mass is 496 g/mol. The summed E-state index contributed by atoms with van der Waals surface area (Å²) in [5.41, 5.74) is 1.62. The molecule has 1 aliphatic rings. The molecule has 10 heteroatoms. The van der Waals surface area contributed by atoms with E-state index in [4.69, 9.17) is 4.74 Å². The molecule has 0 atom stereocenters. The minimum Gasteiger partial charge on any atom is -0.439 e. The van der Waals surface area contributed by atoms with Crippen molar-refractivity contribution in [2.24, 2.45) is 0 Å². The number of H-pyrrole nitrogens is 1. The van der Waals surface area contributed by atoms with Crippen LogP contribution in [0, 0.1) is 5.82 Å². The molecule has 0 spiro atoms. The number of aromatic nitrogens is 3. The van der Waals surface area contributed by atoms with Gasteiger partial charge < -0.3 is 15.0 Å². The highest BCUT2D eigenvalue weighted by Crippen LogP contribution is 2.33. The molecule has 0 unspecified atom stereocenters. The summed E-state index contributed by atoms with van der Waals surface area (Å²) in [7, 11) is 0. The fourth-order valence-electron chi connectivity index (χ4n) is 3.85. The van der Waals surface area contributed by atoms with E-state index >= 15 is 0 Å². The molecule has 7 nitrogen and oxygen atoms in total. The van der Waals surface area contributed by atoms with E-state index < -0.39 is 0 Å². The molecule has 1 amide bonds. The number of pyridine rings is 1. The average Bonchev–Trinajstić information content (AvgIpc) is 3.21. The van der Waals surface area contributed by atoms with Gasteiger partial charge in [0.2, 0.25) is 11.8 Å². The molecule has 4 aromatic rings. The first kappa shape index (κ1) is 22.5. The summed E-state index contributed by atoms with van der Waals surface area (Å²) in [6.07, 6.45) is 5.74. The summed E-state index contributed by atoms with van der Waals surface area (Å²) in [5, 5.41) is 3.52. The molecule has 34 heavy (non-hydrogen) atoms. The summed E-state index contributed by atoms with van der Waals surface area (Å²) < 4.78 is 18.5. The van der Waals surface area contributed by atoms with Crippen LogP contribution in [-0.4, -0.2) is 26.6 Å². The van der Waals surface area contributed by atoms with Crippen LogP contribution in [0.2, 0.25) is 0 Å². The number of hydrogen-bond donors (Lipinski definition) is 2. The molecule has 0 aliphatic heterocycles. The van der Waals surface area contributed by atoms with Crippen molar-refractivity contribution < 1.29 is 13.9 Å². The van der Waals surface area contributed by atoms with Gasteiger partial charge in [0, 0.05) is 10.9 Å². The Morgan fingerprint density at radius 1 is 1.18 bits per heavy atom.